The van der Waals surface area contributed by atoms with E-state index in [0.29, 0.717) is 5.02 Å². The molecule has 1 unspecified atom stereocenters. The minimum atomic E-state index is -0.340. The fourth-order valence-electron chi connectivity index (χ4n) is 2.25. The van der Waals surface area contributed by atoms with Crippen LogP contribution in [0, 0.1) is 0 Å². The van der Waals surface area contributed by atoms with Crippen LogP contribution >= 0.6 is 11.6 Å². The molecule has 110 valence electrons. The van der Waals surface area contributed by atoms with Crippen LogP contribution in [0.5, 0.6) is 0 Å². The van der Waals surface area contributed by atoms with Gasteiger partial charge in [-0.15, -0.1) is 0 Å². The normalized spacial score (nSPS) is 13.5. The molecule has 2 aromatic carbocycles. The van der Waals surface area contributed by atoms with Gasteiger partial charge in [0, 0.05) is 11.6 Å². The molecule has 2 atom stereocenters. The number of amides is 1. The molecule has 0 saturated carbocycles. The van der Waals surface area contributed by atoms with E-state index in [0.717, 1.165) is 11.1 Å². The summed E-state index contributed by atoms with van der Waals surface area (Å²) in [5, 5.41) is 3.65. The lowest BCUT2D eigenvalue weighted by Gasteiger charge is -2.20. The second-order valence-corrected chi connectivity index (χ2v) is 5.42. The Hall–Kier alpha value is -1.84. The van der Waals surface area contributed by atoms with Crippen LogP contribution in [0.2, 0.25) is 5.02 Å². The maximum absolute atomic E-state index is 12.4. The Bertz CT molecular complexity index is 601. The summed E-state index contributed by atoms with van der Waals surface area (Å²) in [7, 11) is 0. The van der Waals surface area contributed by atoms with Gasteiger partial charge >= 0.3 is 0 Å². The zero-order valence-corrected chi connectivity index (χ0v) is 12.7. The Morgan fingerprint density at radius 2 is 1.81 bits per heavy atom. The van der Waals surface area contributed by atoms with E-state index in [9.17, 15) is 4.79 Å². The van der Waals surface area contributed by atoms with Gasteiger partial charge in [0.15, 0.2) is 0 Å². The molecule has 0 spiro atoms. The third-order valence-corrected chi connectivity index (χ3v) is 3.70. The van der Waals surface area contributed by atoms with Crippen molar-refractivity contribution in [1.29, 1.82) is 0 Å². The average molecular weight is 303 g/mol. The zero-order valence-electron chi connectivity index (χ0n) is 11.9. The molecule has 0 aliphatic rings. The maximum atomic E-state index is 12.4. The summed E-state index contributed by atoms with van der Waals surface area (Å²) >= 11 is 5.98. The van der Waals surface area contributed by atoms with E-state index in [4.69, 9.17) is 17.3 Å². The fraction of sp³-hybridized carbons (Fsp3) is 0.235. The highest BCUT2D eigenvalue weighted by atomic mass is 35.5. The topological polar surface area (TPSA) is 55.1 Å². The molecule has 0 fully saturated rings. The van der Waals surface area contributed by atoms with Crippen molar-refractivity contribution >= 4 is 17.5 Å². The van der Waals surface area contributed by atoms with Crippen LogP contribution in [0.25, 0.3) is 0 Å². The number of hydrogen-bond acceptors (Lipinski definition) is 2. The number of nitrogens with one attached hydrogen (secondary N) is 1. The van der Waals surface area contributed by atoms with Gasteiger partial charge in [0.25, 0.3) is 0 Å². The maximum Gasteiger partial charge on any atom is 0.229 e. The predicted molar refractivity (Wildman–Crippen MR) is 86.2 cm³/mol. The van der Waals surface area contributed by atoms with E-state index in [-0.39, 0.29) is 24.4 Å². The lowest BCUT2D eigenvalue weighted by atomic mass is 9.97. The Morgan fingerprint density at radius 1 is 1.14 bits per heavy atom. The highest BCUT2D eigenvalue weighted by Crippen LogP contribution is 2.20. The zero-order chi connectivity index (χ0) is 15.2. The van der Waals surface area contributed by atoms with Gasteiger partial charge in [-0.05, 0) is 30.2 Å². The molecular weight excluding hydrogens is 284 g/mol. The van der Waals surface area contributed by atoms with Crippen molar-refractivity contribution in [3.8, 4) is 0 Å². The lowest BCUT2D eigenvalue weighted by Crippen LogP contribution is -2.35. The number of benzene rings is 2. The van der Waals surface area contributed by atoms with Crippen LogP contribution in [0.4, 0.5) is 0 Å². The molecule has 0 heterocycles. The summed E-state index contributed by atoms with van der Waals surface area (Å²) < 4.78 is 0. The quantitative estimate of drug-likeness (QED) is 0.890. The third kappa shape index (κ3) is 4.06. The van der Waals surface area contributed by atoms with Crippen LogP contribution in [0.3, 0.4) is 0 Å². The number of carbonyl (C=O) groups is 1. The third-order valence-electron chi connectivity index (χ3n) is 3.46. The lowest BCUT2D eigenvalue weighted by molar-refractivity contribution is -0.123. The molecule has 3 N–H and O–H groups in total. The van der Waals surface area contributed by atoms with E-state index < -0.39 is 0 Å². The molecule has 0 aliphatic carbocycles. The first-order valence-corrected chi connectivity index (χ1v) is 7.30. The summed E-state index contributed by atoms with van der Waals surface area (Å²) in [6.07, 6.45) is 0. The molecule has 21 heavy (non-hydrogen) atoms. The van der Waals surface area contributed by atoms with E-state index in [1.807, 2.05) is 61.5 Å². The molecule has 0 saturated heterocycles. The molecule has 0 aromatic heterocycles. The van der Waals surface area contributed by atoms with E-state index in [2.05, 4.69) is 5.32 Å². The molecule has 1 amide bonds. The van der Waals surface area contributed by atoms with E-state index >= 15 is 0 Å². The molecule has 0 aliphatic heterocycles. The van der Waals surface area contributed by atoms with Crippen LogP contribution in [-0.4, -0.2) is 12.5 Å². The first-order valence-electron chi connectivity index (χ1n) is 6.92. The Labute approximate surface area is 130 Å². The SMILES string of the molecule is C[C@H](NC(=O)C(CN)c1ccccc1)c1cccc(Cl)c1. The molecule has 0 radical (unpaired) electrons. The van der Waals surface area contributed by atoms with Gasteiger partial charge in [0.05, 0.1) is 12.0 Å². The summed E-state index contributed by atoms with van der Waals surface area (Å²) in [4.78, 5) is 12.4. The van der Waals surface area contributed by atoms with Crippen molar-refractivity contribution in [2.24, 2.45) is 5.73 Å². The van der Waals surface area contributed by atoms with E-state index in [1.165, 1.54) is 0 Å². The molecular formula is C17H19ClN2O. The second kappa shape index (κ2) is 7.25. The minimum Gasteiger partial charge on any atom is -0.349 e. The average Bonchev–Trinajstić information content (AvgIpc) is 2.49. The highest BCUT2D eigenvalue weighted by molar-refractivity contribution is 6.30. The smallest absolute Gasteiger partial charge is 0.229 e. The monoisotopic (exact) mass is 302 g/mol. The Morgan fingerprint density at radius 3 is 2.43 bits per heavy atom. The number of nitrogens with two attached hydrogens (primary N) is 1. The Balaban J connectivity index is 2.09. The molecule has 2 aromatic rings. The number of hydrogen-bond donors (Lipinski definition) is 2. The standard InChI is InChI=1S/C17H19ClN2O/c1-12(14-8-5-9-15(18)10-14)20-17(21)16(11-19)13-6-3-2-4-7-13/h2-10,12,16H,11,19H2,1H3,(H,20,21)/t12-,16?/m0/s1. The molecule has 3 nitrogen and oxygen atoms in total. The first kappa shape index (κ1) is 15.5. The van der Waals surface area contributed by atoms with Crippen molar-refractivity contribution in [2.75, 3.05) is 6.54 Å². The van der Waals surface area contributed by atoms with E-state index in [1.54, 1.807) is 0 Å². The highest BCUT2D eigenvalue weighted by Gasteiger charge is 2.20. The van der Waals surface area contributed by atoms with Crippen LogP contribution in [-0.2, 0) is 4.79 Å². The number of carbonyl (C=O) groups excluding carboxylic acids is 1. The second-order valence-electron chi connectivity index (χ2n) is 4.98. The largest absolute Gasteiger partial charge is 0.349 e. The fourth-order valence-corrected chi connectivity index (χ4v) is 2.45. The van der Waals surface area contributed by atoms with Crippen molar-refractivity contribution in [2.45, 2.75) is 18.9 Å². The van der Waals surface area contributed by atoms with Crippen molar-refractivity contribution in [3.05, 3.63) is 70.7 Å². The number of rotatable bonds is 5. The molecule has 0 bridgehead atoms. The summed E-state index contributed by atoms with van der Waals surface area (Å²) in [6, 6.07) is 16.9. The van der Waals surface area contributed by atoms with Gasteiger partial charge in [0.2, 0.25) is 5.91 Å². The van der Waals surface area contributed by atoms with Crippen LogP contribution in [0.15, 0.2) is 54.6 Å². The van der Waals surface area contributed by atoms with Gasteiger partial charge in [-0.2, -0.15) is 0 Å². The minimum absolute atomic E-state index is 0.0730. The first-order chi connectivity index (χ1) is 10.1. The van der Waals surface area contributed by atoms with Crippen LogP contribution < -0.4 is 11.1 Å². The van der Waals surface area contributed by atoms with Crippen molar-refractivity contribution in [1.82, 2.24) is 5.32 Å². The van der Waals surface area contributed by atoms with Gasteiger partial charge in [-0.3, -0.25) is 4.79 Å². The van der Waals surface area contributed by atoms with Crippen LogP contribution in [0.1, 0.15) is 30.0 Å². The summed E-state index contributed by atoms with van der Waals surface area (Å²) in [6.45, 7) is 2.21. The predicted octanol–water partition coefficient (Wildman–Crippen LogP) is 3.26. The summed E-state index contributed by atoms with van der Waals surface area (Å²) in [5.74, 6) is -0.413. The summed E-state index contributed by atoms with van der Waals surface area (Å²) in [5.41, 5.74) is 7.66. The van der Waals surface area contributed by atoms with Crippen molar-refractivity contribution in [3.63, 3.8) is 0 Å². The Kier molecular flexibility index (Phi) is 5.37. The van der Waals surface area contributed by atoms with Crippen molar-refractivity contribution < 1.29 is 4.79 Å². The van der Waals surface area contributed by atoms with Gasteiger partial charge < -0.3 is 11.1 Å². The molecule has 2 rings (SSSR count). The molecule has 4 heteroatoms. The van der Waals surface area contributed by atoms with Gasteiger partial charge in [-0.1, -0.05) is 54.1 Å². The van der Waals surface area contributed by atoms with Gasteiger partial charge in [-0.25, -0.2) is 0 Å². The van der Waals surface area contributed by atoms with Gasteiger partial charge in [0.1, 0.15) is 0 Å². The number of halogens is 1.